The summed E-state index contributed by atoms with van der Waals surface area (Å²) in [6.45, 7) is 5.45. The Balaban J connectivity index is 1.66. The highest BCUT2D eigenvalue weighted by atomic mass is 32.1. The maximum atomic E-state index is 12.8. The normalized spacial score (nSPS) is 14.3. The molecule has 118 valence electrons. The molecule has 0 saturated carbocycles. The lowest BCUT2D eigenvalue weighted by Gasteiger charge is -2.25. The molecular weight excluding hydrogens is 308 g/mol. The predicted octanol–water partition coefficient (Wildman–Crippen LogP) is 3.02. The molecule has 0 spiro atoms. The molecule has 0 atom stereocenters. The second kappa shape index (κ2) is 5.09. The Morgan fingerprint density at radius 3 is 3.04 bits per heavy atom. The lowest BCUT2D eigenvalue weighted by atomic mass is 10.1. The number of benzene rings is 1. The van der Waals surface area contributed by atoms with E-state index < -0.39 is 0 Å². The van der Waals surface area contributed by atoms with Gasteiger partial charge in [-0.15, -0.1) is 11.3 Å². The van der Waals surface area contributed by atoms with Crippen LogP contribution in [0.25, 0.3) is 10.9 Å². The van der Waals surface area contributed by atoms with Gasteiger partial charge in [-0.1, -0.05) is 6.07 Å². The van der Waals surface area contributed by atoms with E-state index in [-0.39, 0.29) is 5.91 Å². The van der Waals surface area contributed by atoms with E-state index in [1.807, 2.05) is 17.0 Å². The van der Waals surface area contributed by atoms with Crippen molar-refractivity contribution in [3.05, 3.63) is 45.6 Å². The highest BCUT2D eigenvalue weighted by molar-refractivity contribution is 7.15. The lowest BCUT2D eigenvalue weighted by Crippen LogP contribution is -2.35. The molecule has 5 nitrogen and oxygen atoms in total. The lowest BCUT2D eigenvalue weighted by molar-refractivity contribution is 0.0731. The van der Waals surface area contributed by atoms with E-state index in [4.69, 9.17) is 5.73 Å². The Labute approximate surface area is 138 Å². The molecule has 1 aliphatic heterocycles. The fourth-order valence-corrected chi connectivity index (χ4v) is 4.03. The fraction of sp³-hybridized carbons (Fsp3) is 0.294. The third-order valence-corrected chi connectivity index (χ3v) is 5.52. The van der Waals surface area contributed by atoms with Crippen LogP contribution in [-0.2, 0) is 13.0 Å². The molecule has 0 bridgehead atoms. The molecule has 1 aromatic carbocycles. The molecule has 2 aromatic heterocycles. The fourth-order valence-electron chi connectivity index (χ4n) is 3.13. The molecule has 3 heterocycles. The highest BCUT2D eigenvalue weighted by Gasteiger charge is 2.25. The molecule has 0 radical (unpaired) electrons. The molecule has 1 aliphatic rings. The number of aromatic amines is 1. The second-order valence-corrected chi connectivity index (χ2v) is 7.17. The van der Waals surface area contributed by atoms with Crippen molar-refractivity contribution in [2.24, 2.45) is 0 Å². The number of rotatable bonds is 1. The summed E-state index contributed by atoms with van der Waals surface area (Å²) in [6.07, 6.45) is 0.771. The van der Waals surface area contributed by atoms with Crippen LogP contribution in [0.3, 0.4) is 0 Å². The zero-order chi connectivity index (χ0) is 16.1. The number of aryl methyl sites for hydroxylation is 2. The average molecular weight is 326 g/mol. The minimum absolute atomic E-state index is 0.0378. The largest absolute Gasteiger partial charge is 0.375 e. The van der Waals surface area contributed by atoms with E-state index in [0.29, 0.717) is 23.9 Å². The minimum atomic E-state index is 0.0378. The van der Waals surface area contributed by atoms with Gasteiger partial charge >= 0.3 is 0 Å². The van der Waals surface area contributed by atoms with Crippen molar-refractivity contribution < 1.29 is 4.79 Å². The summed E-state index contributed by atoms with van der Waals surface area (Å²) in [5.74, 6) is 0.0378. The van der Waals surface area contributed by atoms with Crippen LogP contribution >= 0.6 is 11.3 Å². The van der Waals surface area contributed by atoms with Gasteiger partial charge in [-0.2, -0.15) is 0 Å². The van der Waals surface area contributed by atoms with Crippen molar-refractivity contribution in [2.45, 2.75) is 26.8 Å². The first-order chi connectivity index (χ1) is 11.0. The van der Waals surface area contributed by atoms with Gasteiger partial charge in [-0.3, -0.25) is 4.79 Å². The summed E-state index contributed by atoms with van der Waals surface area (Å²) in [4.78, 5) is 23.4. The molecule has 3 N–H and O–H groups in total. The van der Waals surface area contributed by atoms with Gasteiger partial charge in [0.2, 0.25) is 0 Å². The van der Waals surface area contributed by atoms with E-state index in [9.17, 15) is 4.79 Å². The number of fused-ring (bicyclic) bond motifs is 2. The number of hydrogen-bond donors (Lipinski definition) is 2. The van der Waals surface area contributed by atoms with Crippen LogP contribution in [0.1, 0.15) is 32.2 Å². The van der Waals surface area contributed by atoms with Gasteiger partial charge in [0.15, 0.2) is 5.13 Å². The standard InChI is InChI=1S/C17H18N4OS/c1-9-3-4-12-11(10(9)2)7-14(19-12)16(22)21-6-5-13-15(8-21)23-17(18)20-13/h3-4,7,19H,5-6,8H2,1-2H3,(H2,18,20). The SMILES string of the molecule is Cc1ccc2[nH]c(C(=O)N3CCc4nc(N)sc4C3)cc2c1C. The minimum Gasteiger partial charge on any atom is -0.375 e. The topological polar surface area (TPSA) is 75.0 Å². The van der Waals surface area contributed by atoms with E-state index >= 15 is 0 Å². The molecule has 4 rings (SSSR count). The highest BCUT2D eigenvalue weighted by Crippen LogP contribution is 2.28. The summed E-state index contributed by atoms with van der Waals surface area (Å²) in [6, 6.07) is 6.08. The summed E-state index contributed by atoms with van der Waals surface area (Å²) in [5.41, 5.74) is 10.9. The number of nitrogen functional groups attached to an aromatic ring is 1. The van der Waals surface area contributed by atoms with Crippen molar-refractivity contribution in [1.29, 1.82) is 0 Å². The third-order valence-electron chi connectivity index (χ3n) is 4.61. The van der Waals surface area contributed by atoms with Crippen LogP contribution in [0.5, 0.6) is 0 Å². The van der Waals surface area contributed by atoms with Gasteiger partial charge in [0.25, 0.3) is 5.91 Å². The Kier molecular flexibility index (Phi) is 3.16. The number of anilines is 1. The number of hydrogen-bond acceptors (Lipinski definition) is 4. The number of nitrogens with two attached hydrogens (primary N) is 1. The molecule has 0 fully saturated rings. The molecule has 23 heavy (non-hydrogen) atoms. The third kappa shape index (κ3) is 2.30. The number of nitrogens with zero attached hydrogens (tertiary/aromatic N) is 2. The maximum Gasteiger partial charge on any atom is 0.270 e. The van der Waals surface area contributed by atoms with Crippen LogP contribution < -0.4 is 5.73 Å². The first-order valence-corrected chi connectivity index (χ1v) is 8.47. The van der Waals surface area contributed by atoms with E-state index in [1.165, 1.54) is 22.5 Å². The quantitative estimate of drug-likeness (QED) is 0.722. The second-order valence-electron chi connectivity index (χ2n) is 6.05. The monoisotopic (exact) mass is 326 g/mol. The number of aromatic nitrogens is 2. The smallest absolute Gasteiger partial charge is 0.270 e. The van der Waals surface area contributed by atoms with Gasteiger partial charge in [0.1, 0.15) is 5.69 Å². The molecule has 1 amide bonds. The van der Waals surface area contributed by atoms with Gasteiger partial charge < -0.3 is 15.6 Å². The molecule has 6 heteroatoms. The Morgan fingerprint density at radius 2 is 2.22 bits per heavy atom. The summed E-state index contributed by atoms with van der Waals surface area (Å²) < 4.78 is 0. The number of amides is 1. The Bertz CT molecular complexity index is 924. The number of nitrogens with one attached hydrogen (secondary N) is 1. The number of thiazole rings is 1. The number of H-pyrrole nitrogens is 1. The zero-order valence-corrected chi connectivity index (χ0v) is 14.0. The summed E-state index contributed by atoms with van der Waals surface area (Å²) in [7, 11) is 0. The molecule has 0 saturated heterocycles. The summed E-state index contributed by atoms with van der Waals surface area (Å²) in [5, 5.41) is 1.70. The van der Waals surface area contributed by atoms with Crippen molar-refractivity contribution in [3.8, 4) is 0 Å². The van der Waals surface area contributed by atoms with Crippen molar-refractivity contribution in [3.63, 3.8) is 0 Å². The molecule has 3 aromatic rings. The van der Waals surface area contributed by atoms with Crippen LogP contribution in [0.15, 0.2) is 18.2 Å². The van der Waals surface area contributed by atoms with E-state index in [2.05, 4.69) is 29.9 Å². The Hall–Kier alpha value is -2.34. The van der Waals surface area contributed by atoms with Gasteiger partial charge in [-0.25, -0.2) is 4.98 Å². The van der Waals surface area contributed by atoms with Gasteiger partial charge in [0.05, 0.1) is 12.2 Å². The molecule has 0 aliphatic carbocycles. The average Bonchev–Trinajstić information content (AvgIpc) is 3.12. The van der Waals surface area contributed by atoms with E-state index in [1.54, 1.807) is 0 Å². The van der Waals surface area contributed by atoms with Crippen molar-refractivity contribution in [1.82, 2.24) is 14.9 Å². The molecule has 0 unspecified atom stereocenters. The first kappa shape index (κ1) is 14.3. The maximum absolute atomic E-state index is 12.8. The van der Waals surface area contributed by atoms with Crippen molar-refractivity contribution in [2.75, 3.05) is 12.3 Å². The van der Waals surface area contributed by atoms with E-state index in [0.717, 1.165) is 27.9 Å². The first-order valence-electron chi connectivity index (χ1n) is 7.65. The Morgan fingerprint density at radius 1 is 1.39 bits per heavy atom. The molecular formula is C17H18N4OS. The predicted molar refractivity (Wildman–Crippen MR) is 92.7 cm³/mol. The van der Waals surface area contributed by atoms with Gasteiger partial charge in [0, 0.05) is 28.7 Å². The van der Waals surface area contributed by atoms with Crippen LogP contribution in [0.2, 0.25) is 0 Å². The number of carbonyl (C=O) groups excluding carboxylic acids is 1. The van der Waals surface area contributed by atoms with Crippen molar-refractivity contribution >= 4 is 33.3 Å². The number of carbonyl (C=O) groups is 1. The summed E-state index contributed by atoms with van der Waals surface area (Å²) >= 11 is 1.48. The zero-order valence-electron chi connectivity index (χ0n) is 13.1. The van der Waals surface area contributed by atoms with Crippen LogP contribution in [0, 0.1) is 13.8 Å². The van der Waals surface area contributed by atoms with Crippen LogP contribution in [-0.4, -0.2) is 27.3 Å². The van der Waals surface area contributed by atoms with Gasteiger partial charge in [-0.05, 0) is 37.1 Å². The van der Waals surface area contributed by atoms with Crippen LogP contribution in [0.4, 0.5) is 5.13 Å².